The smallest absolute Gasteiger partial charge is 0.235 e. The molecule has 0 radical (unpaired) electrons. The highest BCUT2D eigenvalue weighted by Gasteiger charge is 2.15. The van der Waals surface area contributed by atoms with E-state index in [1.165, 1.54) is 10.8 Å². The van der Waals surface area contributed by atoms with Gasteiger partial charge in [0.1, 0.15) is 5.01 Å². The predicted molar refractivity (Wildman–Crippen MR) is 110 cm³/mol. The fourth-order valence-corrected chi connectivity index (χ4v) is 4.46. The fourth-order valence-electron chi connectivity index (χ4n) is 3.57. The quantitative estimate of drug-likeness (QED) is 0.455. The number of hydrogen-bond donors (Lipinski definition) is 0. The van der Waals surface area contributed by atoms with Crippen LogP contribution in [0.1, 0.15) is 5.82 Å². The Kier molecular flexibility index (Phi) is 3.30. The number of aromatic nitrogens is 6. The maximum atomic E-state index is 4.83. The summed E-state index contributed by atoms with van der Waals surface area (Å²) in [7, 11) is 0. The molecule has 0 amide bonds. The molecule has 134 valence electrons. The van der Waals surface area contributed by atoms with Gasteiger partial charge in [-0.15, -0.1) is 10.2 Å². The summed E-state index contributed by atoms with van der Waals surface area (Å²) in [5.74, 6) is 0.792. The Bertz CT molecular complexity index is 1450. The van der Waals surface area contributed by atoms with Gasteiger partial charge >= 0.3 is 0 Å². The largest absolute Gasteiger partial charge is 0.323 e. The van der Waals surface area contributed by atoms with E-state index in [1.54, 1.807) is 11.3 Å². The zero-order valence-corrected chi connectivity index (χ0v) is 15.5. The van der Waals surface area contributed by atoms with E-state index >= 15 is 0 Å². The van der Waals surface area contributed by atoms with Crippen LogP contribution in [0.25, 0.3) is 37.3 Å². The first kappa shape index (κ1) is 15.5. The van der Waals surface area contributed by atoms with Crippen molar-refractivity contribution in [3.05, 3.63) is 78.9 Å². The molecule has 3 aromatic heterocycles. The number of rotatable bonds is 3. The molecule has 3 aromatic carbocycles. The lowest BCUT2D eigenvalue weighted by Gasteiger charge is -2.03. The molecule has 0 saturated carbocycles. The van der Waals surface area contributed by atoms with Crippen molar-refractivity contribution in [1.82, 2.24) is 29.4 Å². The second-order valence-corrected chi connectivity index (χ2v) is 7.56. The van der Waals surface area contributed by atoms with Crippen LogP contribution in [0.2, 0.25) is 0 Å². The number of fused-ring (bicyclic) bond motifs is 3. The number of hydrogen-bond acceptors (Lipinski definition) is 5. The average molecular weight is 382 g/mol. The highest BCUT2D eigenvalue weighted by atomic mass is 32.1. The van der Waals surface area contributed by atoms with Gasteiger partial charge in [-0.3, -0.25) is 0 Å². The summed E-state index contributed by atoms with van der Waals surface area (Å²) in [5.41, 5.74) is 3.16. The van der Waals surface area contributed by atoms with Crippen molar-refractivity contribution in [3.8, 4) is 10.6 Å². The third-order valence-electron chi connectivity index (χ3n) is 4.91. The fraction of sp³-hybridized carbons (Fsp3) is 0.0476. The molecule has 0 fully saturated rings. The van der Waals surface area contributed by atoms with Gasteiger partial charge in [0.15, 0.2) is 5.82 Å². The lowest BCUT2D eigenvalue weighted by Crippen LogP contribution is -2.04. The Hall–Kier alpha value is -3.58. The molecule has 28 heavy (non-hydrogen) atoms. The van der Waals surface area contributed by atoms with E-state index in [1.807, 2.05) is 29.0 Å². The Morgan fingerprint density at radius 3 is 2.71 bits per heavy atom. The Morgan fingerprint density at radius 2 is 1.71 bits per heavy atom. The van der Waals surface area contributed by atoms with E-state index in [0.29, 0.717) is 6.54 Å². The summed E-state index contributed by atoms with van der Waals surface area (Å²) in [6.07, 6.45) is 1.84. The second-order valence-electron chi connectivity index (χ2n) is 6.61. The summed E-state index contributed by atoms with van der Waals surface area (Å²) in [6.45, 7) is 0.570. The third-order valence-corrected chi connectivity index (χ3v) is 5.85. The molecule has 0 aliphatic heterocycles. The van der Waals surface area contributed by atoms with Crippen molar-refractivity contribution < 1.29 is 0 Å². The molecule has 6 rings (SSSR count). The van der Waals surface area contributed by atoms with Crippen LogP contribution in [-0.4, -0.2) is 29.4 Å². The van der Waals surface area contributed by atoms with Gasteiger partial charge in [0.05, 0.1) is 23.9 Å². The number of benzene rings is 3. The molecule has 0 N–H and O–H groups in total. The molecule has 0 atom stereocenters. The number of imidazole rings is 1. The number of para-hydroxylation sites is 2. The standard InChI is InChI=1S/C21H14N6S/c1-2-8-15-14(6-1)7-5-9-16(15)20-25-27-19(23-24-21(27)28-20)12-26-13-22-17-10-3-4-11-18(17)26/h1-11,13H,12H2. The molecule has 0 aliphatic carbocycles. The summed E-state index contributed by atoms with van der Waals surface area (Å²) in [6, 6.07) is 22.7. The highest BCUT2D eigenvalue weighted by Crippen LogP contribution is 2.31. The average Bonchev–Trinajstić information content (AvgIpc) is 3.44. The van der Waals surface area contributed by atoms with E-state index in [2.05, 4.69) is 68.3 Å². The van der Waals surface area contributed by atoms with Gasteiger partial charge in [-0.05, 0) is 22.9 Å². The van der Waals surface area contributed by atoms with Gasteiger partial charge in [-0.1, -0.05) is 65.9 Å². The predicted octanol–water partition coefficient (Wildman–Crippen LogP) is 4.40. The molecule has 6 nitrogen and oxygen atoms in total. The minimum atomic E-state index is 0.570. The van der Waals surface area contributed by atoms with Crippen LogP contribution in [0.3, 0.4) is 0 Å². The maximum absolute atomic E-state index is 4.83. The van der Waals surface area contributed by atoms with Crippen LogP contribution in [0.4, 0.5) is 0 Å². The van der Waals surface area contributed by atoms with Crippen LogP contribution in [-0.2, 0) is 6.54 Å². The lowest BCUT2D eigenvalue weighted by molar-refractivity contribution is 0.727. The third kappa shape index (κ3) is 2.33. The van der Waals surface area contributed by atoms with E-state index < -0.39 is 0 Å². The first-order chi connectivity index (χ1) is 13.9. The molecule has 7 heteroatoms. The highest BCUT2D eigenvalue weighted by molar-refractivity contribution is 7.19. The van der Waals surface area contributed by atoms with E-state index in [4.69, 9.17) is 5.10 Å². The molecule has 6 aromatic rings. The molecule has 0 aliphatic rings. The number of nitrogens with zero attached hydrogens (tertiary/aromatic N) is 6. The topological polar surface area (TPSA) is 60.9 Å². The van der Waals surface area contributed by atoms with Crippen LogP contribution < -0.4 is 0 Å². The molecular weight excluding hydrogens is 368 g/mol. The van der Waals surface area contributed by atoms with Crippen LogP contribution in [0, 0.1) is 0 Å². The van der Waals surface area contributed by atoms with E-state index in [0.717, 1.165) is 32.4 Å². The Morgan fingerprint density at radius 1 is 0.857 bits per heavy atom. The lowest BCUT2D eigenvalue weighted by atomic mass is 10.1. The van der Waals surface area contributed by atoms with Crippen molar-refractivity contribution in [2.45, 2.75) is 6.54 Å². The van der Waals surface area contributed by atoms with Gasteiger partial charge < -0.3 is 4.57 Å². The van der Waals surface area contributed by atoms with Crippen molar-refractivity contribution in [1.29, 1.82) is 0 Å². The van der Waals surface area contributed by atoms with Gasteiger partial charge in [0, 0.05) is 5.56 Å². The van der Waals surface area contributed by atoms with Crippen molar-refractivity contribution in [2.75, 3.05) is 0 Å². The Balaban J connectivity index is 1.45. The molecule has 0 saturated heterocycles. The Labute approximate surface area is 163 Å². The molecular formula is C21H14N6S. The van der Waals surface area contributed by atoms with Crippen molar-refractivity contribution in [2.24, 2.45) is 0 Å². The summed E-state index contributed by atoms with van der Waals surface area (Å²) >= 11 is 1.56. The molecule has 0 spiro atoms. The molecule has 0 unspecified atom stereocenters. The normalized spacial score (nSPS) is 11.7. The van der Waals surface area contributed by atoms with E-state index in [9.17, 15) is 0 Å². The first-order valence-corrected chi connectivity index (χ1v) is 9.77. The van der Waals surface area contributed by atoms with Crippen molar-refractivity contribution >= 4 is 38.1 Å². The molecule has 0 bridgehead atoms. The van der Waals surface area contributed by atoms with Crippen LogP contribution in [0.15, 0.2) is 73.1 Å². The monoisotopic (exact) mass is 382 g/mol. The van der Waals surface area contributed by atoms with Gasteiger partial charge in [-0.25, -0.2) is 4.98 Å². The first-order valence-electron chi connectivity index (χ1n) is 8.96. The van der Waals surface area contributed by atoms with Crippen LogP contribution in [0.5, 0.6) is 0 Å². The zero-order chi connectivity index (χ0) is 18.5. The minimum Gasteiger partial charge on any atom is -0.323 e. The summed E-state index contributed by atoms with van der Waals surface area (Å²) < 4.78 is 3.92. The summed E-state index contributed by atoms with van der Waals surface area (Å²) in [4.78, 5) is 5.25. The van der Waals surface area contributed by atoms with Gasteiger partial charge in [-0.2, -0.15) is 9.61 Å². The van der Waals surface area contributed by atoms with Crippen molar-refractivity contribution in [3.63, 3.8) is 0 Å². The minimum absolute atomic E-state index is 0.570. The second kappa shape index (κ2) is 5.97. The zero-order valence-electron chi connectivity index (χ0n) is 14.7. The summed E-state index contributed by atoms with van der Waals surface area (Å²) in [5, 5.41) is 16.9. The van der Waals surface area contributed by atoms with E-state index in [-0.39, 0.29) is 0 Å². The van der Waals surface area contributed by atoms with Gasteiger partial charge in [0.25, 0.3) is 0 Å². The maximum Gasteiger partial charge on any atom is 0.235 e. The van der Waals surface area contributed by atoms with Gasteiger partial charge in [0.2, 0.25) is 4.96 Å². The SMILES string of the molecule is c1ccc2c(-c3nn4c(Cn5cnc6ccccc65)nnc4s3)cccc2c1. The molecule has 3 heterocycles. The van der Waals surface area contributed by atoms with Crippen LogP contribution >= 0.6 is 11.3 Å².